The van der Waals surface area contributed by atoms with Gasteiger partial charge >= 0.3 is 0 Å². The van der Waals surface area contributed by atoms with Crippen LogP contribution in [0.15, 0.2) is 12.1 Å². The highest BCUT2D eigenvalue weighted by Crippen LogP contribution is 2.37. The molecule has 4 heteroatoms. The van der Waals surface area contributed by atoms with Crippen molar-refractivity contribution in [3.63, 3.8) is 0 Å². The maximum absolute atomic E-state index is 9.98. The molecular formula is C11H15ClN2O. The van der Waals surface area contributed by atoms with Crippen LogP contribution in [-0.2, 0) is 0 Å². The quantitative estimate of drug-likeness (QED) is 0.766. The first-order chi connectivity index (χ1) is 7.20. The zero-order chi connectivity index (χ0) is 10.8. The Bertz CT molecular complexity index is 362. The van der Waals surface area contributed by atoms with E-state index in [-0.39, 0.29) is 0 Å². The van der Waals surface area contributed by atoms with Crippen molar-refractivity contribution in [2.75, 3.05) is 31.1 Å². The van der Waals surface area contributed by atoms with Gasteiger partial charge in [-0.25, -0.2) is 0 Å². The van der Waals surface area contributed by atoms with Crippen molar-refractivity contribution in [3.8, 4) is 5.75 Å². The van der Waals surface area contributed by atoms with E-state index in [9.17, 15) is 5.11 Å². The van der Waals surface area contributed by atoms with Gasteiger partial charge < -0.3 is 15.3 Å². The summed E-state index contributed by atoms with van der Waals surface area (Å²) in [7, 11) is 0. The highest BCUT2D eigenvalue weighted by Gasteiger charge is 2.18. The lowest BCUT2D eigenvalue weighted by molar-refractivity contribution is 0.466. The minimum Gasteiger partial charge on any atom is -0.505 e. The summed E-state index contributed by atoms with van der Waals surface area (Å²) in [5.41, 5.74) is 1.64. The molecule has 1 aromatic rings. The number of halogens is 1. The number of nitrogens with one attached hydrogen (secondary N) is 1. The van der Waals surface area contributed by atoms with Crippen LogP contribution in [0.3, 0.4) is 0 Å². The molecule has 0 amide bonds. The summed E-state index contributed by atoms with van der Waals surface area (Å²) < 4.78 is 0. The zero-order valence-electron chi connectivity index (χ0n) is 8.76. The Labute approximate surface area is 94.7 Å². The number of benzene rings is 1. The standard InChI is InChI=1S/C11H15ClN2O/c1-8-2-3-9(12)10(11(8)15)14-6-4-13-5-7-14/h2-3,13,15H,4-7H2,1H3. The molecule has 0 bridgehead atoms. The van der Waals surface area contributed by atoms with Crippen LogP contribution in [0.5, 0.6) is 5.75 Å². The van der Waals surface area contributed by atoms with Gasteiger partial charge in [-0.3, -0.25) is 0 Å². The van der Waals surface area contributed by atoms with Gasteiger partial charge in [-0.15, -0.1) is 0 Å². The third kappa shape index (κ3) is 2.03. The first kappa shape index (κ1) is 10.6. The Balaban J connectivity index is 2.36. The Morgan fingerprint density at radius 3 is 2.67 bits per heavy atom. The number of aromatic hydroxyl groups is 1. The molecule has 0 aromatic heterocycles. The van der Waals surface area contributed by atoms with Crippen LogP contribution in [0.25, 0.3) is 0 Å². The van der Waals surface area contributed by atoms with Crippen molar-refractivity contribution in [2.45, 2.75) is 6.92 Å². The topological polar surface area (TPSA) is 35.5 Å². The maximum Gasteiger partial charge on any atom is 0.143 e. The van der Waals surface area contributed by atoms with E-state index in [1.54, 1.807) is 0 Å². The average molecular weight is 227 g/mol. The summed E-state index contributed by atoms with van der Waals surface area (Å²) in [5, 5.41) is 13.9. The van der Waals surface area contributed by atoms with E-state index < -0.39 is 0 Å². The molecular weight excluding hydrogens is 212 g/mol. The van der Waals surface area contributed by atoms with Crippen molar-refractivity contribution in [2.24, 2.45) is 0 Å². The van der Waals surface area contributed by atoms with Gasteiger partial charge in [0.05, 0.1) is 10.7 Å². The van der Waals surface area contributed by atoms with E-state index in [0.717, 1.165) is 37.4 Å². The van der Waals surface area contributed by atoms with Gasteiger partial charge in [0.15, 0.2) is 0 Å². The smallest absolute Gasteiger partial charge is 0.143 e. The number of hydrogen-bond acceptors (Lipinski definition) is 3. The number of rotatable bonds is 1. The fourth-order valence-electron chi connectivity index (χ4n) is 1.85. The normalized spacial score (nSPS) is 16.8. The van der Waals surface area contributed by atoms with Gasteiger partial charge in [0.1, 0.15) is 5.75 Å². The summed E-state index contributed by atoms with van der Waals surface area (Å²) >= 11 is 6.11. The lowest BCUT2D eigenvalue weighted by Crippen LogP contribution is -2.43. The Hall–Kier alpha value is -0.930. The predicted octanol–water partition coefficient (Wildman–Crippen LogP) is 1.76. The van der Waals surface area contributed by atoms with Crippen molar-refractivity contribution in [1.82, 2.24) is 5.32 Å². The molecule has 0 saturated carbocycles. The second-order valence-electron chi connectivity index (χ2n) is 3.80. The second-order valence-corrected chi connectivity index (χ2v) is 4.21. The van der Waals surface area contributed by atoms with Gasteiger partial charge in [-0.1, -0.05) is 17.7 Å². The molecule has 0 spiro atoms. The van der Waals surface area contributed by atoms with Crippen molar-refractivity contribution in [1.29, 1.82) is 0 Å². The molecule has 3 nitrogen and oxygen atoms in total. The molecule has 2 rings (SSSR count). The van der Waals surface area contributed by atoms with E-state index in [4.69, 9.17) is 11.6 Å². The first-order valence-corrected chi connectivity index (χ1v) is 5.51. The van der Waals surface area contributed by atoms with Crippen LogP contribution < -0.4 is 10.2 Å². The number of piperazine rings is 1. The summed E-state index contributed by atoms with van der Waals surface area (Å²) in [4.78, 5) is 2.13. The van der Waals surface area contributed by atoms with Crippen molar-refractivity contribution >= 4 is 17.3 Å². The molecule has 1 aliphatic rings. The Kier molecular flexibility index (Phi) is 3.03. The predicted molar refractivity (Wildman–Crippen MR) is 62.9 cm³/mol. The van der Waals surface area contributed by atoms with Gasteiger partial charge in [0, 0.05) is 26.2 Å². The number of anilines is 1. The molecule has 82 valence electrons. The number of hydrogen-bond donors (Lipinski definition) is 2. The summed E-state index contributed by atoms with van der Waals surface area (Å²) in [6.45, 7) is 5.53. The Morgan fingerprint density at radius 2 is 2.00 bits per heavy atom. The number of nitrogens with zero attached hydrogens (tertiary/aromatic N) is 1. The first-order valence-electron chi connectivity index (χ1n) is 5.14. The average Bonchev–Trinajstić information content (AvgIpc) is 2.26. The molecule has 0 radical (unpaired) electrons. The fourth-order valence-corrected chi connectivity index (χ4v) is 2.12. The third-order valence-electron chi connectivity index (χ3n) is 2.74. The molecule has 1 heterocycles. The number of phenolic OH excluding ortho intramolecular Hbond substituents is 1. The van der Waals surface area contributed by atoms with E-state index in [1.165, 1.54) is 0 Å². The van der Waals surface area contributed by atoms with Gasteiger partial charge in [-0.2, -0.15) is 0 Å². The summed E-state index contributed by atoms with van der Waals surface area (Å²) in [6.07, 6.45) is 0. The van der Waals surface area contributed by atoms with Crippen LogP contribution >= 0.6 is 11.6 Å². The minimum absolute atomic E-state index is 0.310. The molecule has 15 heavy (non-hydrogen) atoms. The number of aryl methyl sites for hydroxylation is 1. The van der Waals surface area contributed by atoms with Crippen LogP contribution in [0.4, 0.5) is 5.69 Å². The Morgan fingerprint density at radius 1 is 1.33 bits per heavy atom. The molecule has 0 atom stereocenters. The fraction of sp³-hybridized carbons (Fsp3) is 0.455. The van der Waals surface area contributed by atoms with Crippen molar-refractivity contribution in [3.05, 3.63) is 22.7 Å². The lowest BCUT2D eigenvalue weighted by Gasteiger charge is -2.31. The second kappa shape index (κ2) is 4.29. The molecule has 1 saturated heterocycles. The van der Waals surface area contributed by atoms with Crippen LogP contribution in [0.1, 0.15) is 5.56 Å². The van der Waals surface area contributed by atoms with Gasteiger partial charge in [0.25, 0.3) is 0 Å². The van der Waals surface area contributed by atoms with E-state index >= 15 is 0 Å². The molecule has 0 unspecified atom stereocenters. The lowest BCUT2D eigenvalue weighted by atomic mass is 10.1. The van der Waals surface area contributed by atoms with Gasteiger partial charge in [0.2, 0.25) is 0 Å². The van der Waals surface area contributed by atoms with Crippen LogP contribution in [0.2, 0.25) is 5.02 Å². The minimum atomic E-state index is 0.310. The molecule has 1 aromatic carbocycles. The summed E-state index contributed by atoms with van der Waals surface area (Å²) in [5.74, 6) is 0.310. The highest BCUT2D eigenvalue weighted by atomic mass is 35.5. The van der Waals surface area contributed by atoms with E-state index in [2.05, 4.69) is 10.2 Å². The largest absolute Gasteiger partial charge is 0.505 e. The van der Waals surface area contributed by atoms with Crippen LogP contribution in [-0.4, -0.2) is 31.3 Å². The highest BCUT2D eigenvalue weighted by molar-refractivity contribution is 6.33. The van der Waals surface area contributed by atoms with E-state index in [1.807, 2.05) is 19.1 Å². The third-order valence-corrected chi connectivity index (χ3v) is 3.04. The monoisotopic (exact) mass is 226 g/mol. The molecule has 1 fully saturated rings. The molecule has 2 N–H and O–H groups in total. The molecule has 0 aliphatic carbocycles. The van der Waals surface area contributed by atoms with Crippen LogP contribution in [0, 0.1) is 6.92 Å². The molecule has 1 aliphatic heterocycles. The SMILES string of the molecule is Cc1ccc(Cl)c(N2CCNCC2)c1O. The number of phenols is 1. The van der Waals surface area contributed by atoms with Gasteiger partial charge in [-0.05, 0) is 18.6 Å². The maximum atomic E-state index is 9.98. The zero-order valence-corrected chi connectivity index (χ0v) is 9.51. The van der Waals surface area contributed by atoms with E-state index in [0.29, 0.717) is 10.8 Å². The summed E-state index contributed by atoms with van der Waals surface area (Å²) in [6, 6.07) is 3.68. The van der Waals surface area contributed by atoms with Crippen molar-refractivity contribution < 1.29 is 5.11 Å².